The molecule has 3 nitrogen and oxygen atoms in total. The Balaban J connectivity index is 0.00000374. The molecular weight excluding hydrogens is 804 g/mol. The van der Waals surface area contributed by atoms with E-state index in [2.05, 4.69) is 117 Å². The summed E-state index contributed by atoms with van der Waals surface area (Å²) in [6, 6.07) is 53.4. The van der Waals surface area contributed by atoms with E-state index in [0.717, 1.165) is 70.5 Å². The van der Waals surface area contributed by atoms with Crippen LogP contribution in [0.4, 0.5) is 0 Å². The van der Waals surface area contributed by atoms with Gasteiger partial charge in [-0.2, -0.15) is 0 Å². The number of hydrogen-bond acceptors (Lipinski definition) is 3. The van der Waals surface area contributed by atoms with Gasteiger partial charge in [0.25, 0.3) is 0 Å². The number of ether oxygens (including phenoxy) is 1. The molecule has 0 atom stereocenters. The third-order valence-electron chi connectivity index (χ3n) is 10.5. The monoisotopic (exact) mass is 839 g/mol. The summed E-state index contributed by atoms with van der Waals surface area (Å²) in [6.07, 6.45) is 4.50. The average molecular weight is 840 g/mol. The molecule has 2 aliphatic rings. The SMILES string of the molecule is Cc1cc(-c2ccccc2)cc(C)c1-c1ccc(-c2[c-]cccc2)nc1Oc1cccc(-c2[c-]cc3c(c2)CC2(C3)Cc3ccccc3C2)n1.[Pt+2]. The number of benzene rings is 5. The number of aryl methyl sites for hydroxylation is 2. The molecule has 1 spiro atoms. The van der Waals surface area contributed by atoms with Crippen LogP contribution in [0.25, 0.3) is 44.8 Å². The van der Waals surface area contributed by atoms with Crippen LogP contribution in [0.5, 0.6) is 11.8 Å². The van der Waals surface area contributed by atoms with Gasteiger partial charge in [0.1, 0.15) is 0 Å². The molecule has 4 heteroatoms. The molecule has 9 rings (SSSR count). The van der Waals surface area contributed by atoms with E-state index in [1.165, 1.54) is 33.4 Å². The summed E-state index contributed by atoms with van der Waals surface area (Å²) >= 11 is 0. The van der Waals surface area contributed by atoms with E-state index >= 15 is 0 Å². The number of aromatic nitrogens is 2. The Morgan fingerprint density at radius 3 is 2.00 bits per heavy atom. The van der Waals surface area contributed by atoms with Crippen molar-refractivity contribution in [1.82, 2.24) is 9.97 Å². The first kappa shape index (κ1) is 33.1. The Hall–Kier alpha value is -5.11. The predicted molar refractivity (Wildman–Crippen MR) is 201 cm³/mol. The van der Waals surface area contributed by atoms with Gasteiger partial charge in [0, 0.05) is 5.56 Å². The summed E-state index contributed by atoms with van der Waals surface area (Å²) in [5, 5.41) is 0. The summed E-state index contributed by atoms with van der Waals surface area (Å²) in [5.74, 6) is 1.02. The van der Waals surface area contributed by atoms with Crippen LogP contribution in [0.2, 0.25) is 0 Å². The van der Waals surface area contributed by atoms with Gasteiger partial charge in [-0.1, -0.05) is 97.4 Å². The van der Waals surface area contributed by atoms with Crippen molar-refractivity contribution in [3.63, 3.8) is 0 Å². The molecule has 51 heavy (non-hydrogen) atoms. The minimum Gasteiger partial charge on any atom is -0.422 e. The van der Waals surface area contributed by atoms with Gasteiger partial charge in [0.05, 0.1) is 0 Å². The number of fused-ring (bicyclic) bond motifs is 2. The van der Waals surface area contributed by atoms with Crippen LogP contribution in [0.3, 0.4) is 0 Å². The Kier molecular flexibility index (Phi) is 8.78. The first-order valence-corrected chi connectivity index (χ1v) is 17.4. The molecule has 0 saturated heterocycles. The van der Waals surface area contributed by atoms with Gasteiger partial charge in [-0.15, -0.1) is 70.8 Å². The molecule has 0 saturated carbocycles. The summed E-state index contributed by atoms with van der Waals surface area (Å²) in [5.41, 5.74) is 16.4. The first-order valence-electron chi connectivity index (χ1n) is 17.4. The number of nitrogens with zero attached hydrogens (tertiary/aromatic N) is 2. The zero-order chi connectivity index (χ0) is 33.7. The van der Waals surface area contributed by atoms with Gasteiger partial charge in [0.15, 0.2) is 0 Å². The third-order valence-corrected chi connectivity index (χ3v) is 10.5. The van der Waals surface area contributed by atoms with E-state index < -0.39 is 0 Å². The number of pyridine rings is 2. The van der Waals surface area contributed by atoms with Crippen LogP contribution in [0.1, 0.15) is 33.4 Å². The molecule has 0 fully saturated rings. The molecule has 2 heterocycles. The van der Waals surface area contributed by atoms with Crippen molar-refractivity contribution in [2.45, 2.75) is 39.5 Å². The second kappa shape index (κ2) is 13.5. The normalized spacial score (nSPS) is 13.8. The van der Waals surface area contributed by atoms with Gasteiger partial charge in [0.2, 0.25) is 11.8 Å². The van der Waals surface area contributed by atoms with Crippen LogP contribution in [0, 0.1) is 31.4 Å². The Labute approximate surface area is 314 Å². The quantitative estimate of drug-likeness (QED) is 0.157. The van der Waals surface area contributed by atoms with E-state index in [-0.39, 0.29) is 26.5 Å². The van der Waals surface area contributed by atoms with Crippen molar-refractivity contribution in [3.05, 3.63) is 179 Å². The Bertz CT molecular complexity index is 2340. The maximum absolute atomic E-state index is 6.67. The Morgan fingerprint density at radius 2 is 1.25 bits per heavy atom. The van der Waals surface area contributed by atoms with Gasteiger partial charge < -0.3 is 4.74 Å². The van der Waals surface area contributed by atoms with Crippen molar-refractivity contribution < 1.29 is 25.8 Å². The van der Waals surface area contributed by atoms with E-state index in [1.807, 2.05) is 42.5 Å². The van der Waals surface area contributed by atoms with Gasteiger partial charge in [-0.25, -0.2) is 0 Å². The summed E-state index contributed by atoms with van der Waals surface area (Å²) in [7, 11) is 0. The summed E-state index contributed by atoms with van der Waals surface area (Å²) in [6.45, 7) is 4.32. The molecule has 0 bridgehead atoms. The van der Waals surface area contributed by atoms with Crippen LogP contribution in [-0.2, 0) is 46.7 Å². The van der Waals surface area contributed by atoms with Crippen LogP contribution in [0.15, 0.2) is 133 Å². The van der Waals surface area contributed by atoms with Crippen molar-refractivity contribution in [2.24, 2.45) is 5.41 Å². The second-order valence-corrected chi connectivity index (χ2v) is 14.0. The number of hydrogen-bond donors (Lipinski definition) is 0. The van der Waals surface area contributed by atoms with E-state index in [9.17, 15) is 0 Å². The maximum atomic E-state index is 6.67. The maximum Gasteiger partial charge on any atom is 2.00 e. The van der Waals surface area contributed by atoms with E-state index in [1.54, 1.807) is 0 Å². The molecule has 0 unspecified atom stereocenters. The van der Waals surface area contributed by atoms with Crippen molar-refractivity contribution in [1.29, 1.82) is 0 Å². The van der Waals surface area contributed by atoms with Crippen LogP contribution < -0.4 is 4.74 Å². The zero-order valence-corrected chi connectivity index (χ0v) is 30.9. The standard InChI is InChI=1S/C47H36N2O.Pt/c1-31-24-39(33-12-5-3-6-13-33)25-32(2)45(31)41-22-23-43(34-14-7-4-8-15-34)49-46(41)50-44-19-11-18-42(48-44)35-20-21-38-29-47(30-40(38)26-35)27-36-16-9-10-17-37(36)28-47;/h3-14,16-19,21-26H,27-30H2,1-2H3;/q-2;+2. The smallest absolute Gasteiger partial charge is 0.422 e. The number of rotatable bonds is 6. The zero-order valence-electron chi connectivity index (χ0n) is 28.6. The fourth-order valence-corrected chi connectivity index (χ4v) is 8.25. The molecule has 250 valence electrons. The average Bonchev–Trinajstić information content (AvgIpc) is 3.69. The van der Waals surface area contributed by atoms with E-state index in [0.29, 0.717) is 11.8 Å². The summed E-state index contributed by atoms with van der Waals surface area (Å²) < 4.78 is 6.67. The van der Waals surface area contributed by atoms with Gasteiger partial charge >= 0.3 is 21.1 Å². The van der Waals surface area contributed by atoms with Crippen LogP contribution in [-0.4, -0.2) is 9.97 Å². The first-order chi connectivity index (χ1) is 24.5. The molecule has 0 amide bonds. The van der Waals surface area contributed by atoms with Crippen molar-refractivity contribution in [2.75, 3.05) is 0 Å². The molecule has 5 aromatic carbocycles. The molecule has 0 aliphatic heterocycles. The Morgan fingerprint density at radius 1 is 0.569 bits per heavy atom. The fourth-order valence-electron chi connectivity index (χ4n) is 8.25. The molecule has 2 aliphatic carbocycles. The minimum absolute atomic E-state index is 0. The molecule has 0 N–H and O–H groups in total. The van der Waals surface area contributed by atoms with Crippen LogP contribution >= 0.6 is 0 Å². The second-order valence-electron chi connectivity index (χ2n) is 14.0. The van der Waals surface area contributed by atoms with E-state index in [4.69, 9.17) is 14.7 Å². The molecule has 0 radical (unpaired) electrons. The topological polar surface area (TPSA) is 35.0 Å². The minimum atomic E-state index is 0. The van der Waals surface area contributed by atoms with Crippen molar-refractivity contribution in [3.8, 4) is 56.5 Å². The van der Waals surface area contributed by atoms with Gasteiger partial charge in [-0.05, 0) is 94.9 Å². The third kappa shape index (κ3) is 6.37. The molecule has 2 aromatic heterocycles. The molecular formula is C47H36N2OPt. The van der Waals surface area contributed by atoms with Gasteiger partial charge in [-0.3, -0.25) is 9.97 Å². The van der Waals surface area contributed by atoms with Crippen molar-refractivity contribution >= 4 is 0 Å². The fraction of sp³-hybridized carbons (Fsp3) is 0.149. The largest absolute Gasteiger partial charge is 2.00 e. The predicted octanol–water partition coefficient (Wildman–Crippen LogP) is 11.0. The molecule has 7 aromatic rings. The summed E-state index contributed by atoms with van der Waals surface area (Å²) in [4.78, 5) is 10.1.